The van der Waals surface area contributed by atoms with E-state index in [4.69, 9.17) is 13.2 Å². The predicted octanol–water partition coefficient (Wildman–Crippen LogP) is 6.62. The summed E-state index contributed by atoms with van der Waals surface area (Å²) in [7, 11) is -4.42. The Morgan fingerprint density at radius 3 is 2.77 bits per heavy atom. The first-order chi connectivity index (χ1) is 14.5. The van der Waals surface area contributed by atoms with Crippen LogP contribution in [-0.2, 0) is 21.0 Å². The van der Waals surface area contributed by atoms with E-state index in [1.54, 1.807) is 12.5 Å². The van der Waals surface area contributed by atoms with Crippen molar-refractivity contribution < 1.29 is 21.6 Å². The minimum Gasteiger partial charge on any atom is -0.472 e. The Labute approximate surface area is 188 Å². The Morgan fingerprint density at radius 1 is 1.32 bits per heavy atom. The number of hydrogen-bond acceptors (Lipinski definition) is 4. The maximum Gasteiger partial charge on any atom is 0.397 e. The van der Waals surface area contributed by atoms with Crippen molar-refractivity contribution >= 4 is 10.4 Å². The molecule has 1 aromatic heterocycles. The molecule has 0 saturated heterocycles. The zero-order valence-corrected chi connectivity index (χ0v) is 20.3. The van der Waals surface area contributed by atoms with Crippen LogP contribution in [0.5, 0.6) is 0 Å². The Bertz CT molecular complexity index is 830. The van der Waals surface area contributed by atoms with Crippen LogP contribution in [0.15, 0.2) is 35.2 Å². The van der Waals surface area contributed by atoms with Crippen molar-refractivity contribution in [3.05, 3.63) is 36.3 Å². The van der Waals surface area contributed by atoms with Gasteiger partial charge in [-0.15, -0.1) is 0 Å². The molecule has 0 aliphatic heterocycles. The van der Waals surface area contributed by atoms with Crippen LogP contribution in [0.25, 0.3) is 0 Å². The van der Waals surface area contributed by atoms with Crippen LogP contribution in [0.1, 0.15) is 84.1 Å². The number of hydrogen-bond donors (Lipinski definition) is 1. The lowest BCUT2D eigenvalue weighted by Crippen LogP contribution is -2.50. The molecule has 0 bridgehead atoms. The molecular weight excluding hydrogens is 412 g/mol. The van der Waals surface area contributed by atoms with E-state index >= 15 is 0 Å². The summed E-state index contributed by atoms with van der Waals surface area (Å²) in [5, 5.41) is 0. The van der Waals surface area contributed by atoms with Gasteiger partial charge in [-0.1, -0.05) is 32.9 Å². The maximum atomic E-state index is 11.2. The van der Waals surface area contributed by atoms with E-state index in [1.807, 2.05) is 6.07 Å². The summed E-state index contributed by atoms with van der Waals surface area (Å²) in [6.45, 7) is 11.8. The van der Waals surface area contributed by atoms with Gasteiger partial charge in [-0.3, -0.25) is 4.55 Å². The second-order valence-electron chi connectivity index (χ2n) is 10.6. The topological polar surface area (TPSA) is 76.7 Å². The molecule has 2 unspecified atom stereocenters. The first-order valence-electron chi connectivity index (χ1n) is 11.9. The normalized spacial score (nSPS) is 32.6. The smallest absolute Gasteiger partial charge is 0.397 e. The van der Waals surface area contributed by atoms with E-state index in [2.05, 4.69) is 27.4 Å². The number of furan rings is 1. The number of aryl methyl sites for hydroxylation is 1. The third-order valence-corrected chi connectivity index (χ3v) is 9.20. The third kappa shape index (κ3) is 5.82. The second kappa shape index (κ2) is 9.80. The Hall–Kier alpha value is -1.11. The summed E-state index contributed by atoms with van der Waals surface area (Å²) in [5.74, 6) is 1.35. The lowest BCUT2D eigenvalue weighted by atomic mass is 9.46. The van der Waals surface area contributed by atoms with Gasteiger partial charge in [-0.05, 0) is 104 Å². The molecule has 2 fully saturated rings. The highest BCUT2D eigenvalue weighted by Gasteiger charge is 2.53. The van der Waals surface area contributed by atoms with Crippen molar-refractivity contribution in [2.24, 2.45) is 28.6 Å². The fourth-order valence-electron chi connectivity index (χ4n) is 6.43. The molecule has 0 spiro atoms. The van der Waals surface area contributed by atoms with E-state index < -0.39 is 10.4 Å². The molecule has 3 rings (SSSR count). The molecular formula is C25H40O5S. The molecule has 6 heteroatoms. The zero-order valence-electron chi connectivity index (χ0n) is 19.4. The Morgan fingerprint density at radius 2 is 2.10 bits per heavy atom. The van der Waals surface area contributed by atoms with Crippen LogP contribution in [0.3, 0.4) is 0 Å². The highest BCUT2D eigenvalue weighted by molar-refractivity contribution is 7.80. The fourth-order valence-corrected chi connectivity index (χ4v) is 6.79. The van der Waals surface area contributed by atoms with Gasteiger partial charge in [0, 0.05) is 0 Å². The standard InChI is InChI=1S/C25H40O5S/c1-19-7-5-10-23-24(19,3)14-11-20(2)25(23,4)15-12-21(18-30-31(26,27)28)8-6-9-22-13-16-29-17-22/h13,16-17,20-21,23H,1,5-12,14-15,18H2,2-4H3,(H,26,27,28)/t20-,21?,23+,24+,25?/m1/s1. The molecule has 1 aromatic rings. The summed E-state index contributed by atoms with van der Waals surface area (Å²) in [5.41, 5.74) is 3.01. The molecule has 5 atom stereocenters. The number of rotatable bonds is 10. The van der Waals surface area contributed by atoms with Gasteiger partial charge in [-0.2, -0.15) is 8.42 Å². The Kier molecular flexibility index (Phi) is 7.75. The van der Waals surface area contributed by atoms with Crippen molar-refractivity contribution in [3.63, 3.8) is 0 Å². The summed E-state index contributed by atoms with van der Waals surface area (Å²) in [6.07, 6.45) is 14.1. The molecule has 176 valence electrons. The van der Waals surface area contributed by atoms with Gasteiger partial charge >= 0.3 is 10.4 Å². The van der Waals surface area contributed by atoms with Gasteiger partial charge in [0.2, 0.25) is 0 Å². The third-order valence-electron chi connectivity index (χ3n) is 8.77. The van der Waals surface area contributed by atoms with Crippen LogP contribution in [0.4, 0.5) is 0 Å². The van der Waals surface area contributed by atoms with Crippen molar-refractivity contribution in [2.45, 2.75) is 85.0 Å². The molecule has 1 heterocycles. The van der Waals surface area contributed by atoms with Crippen LogP contribution in [-0.4, -0.2) is 19.6 Å². The second-order valence-corrected chi connectivity index (χ2v) is 11.6. The highest BCUT2D eigenvalue weighted by atomic mass is 32.3. The number of allylic oxidation sites excluding steroid dienone is 1. The first kappa shape index (κ1) is 24.5. The zero-order chi connectivity index (χ0) is 22.7. The highest BCUT2D eigenvalue weighted by Crippen LogP contribution is 2.62. The maximum absolute atomic E-state index is 11.2. The van der Waals surface area contributed by atoms with Gasteiger partial charge in [0.1, 0.15) is 0 Å². The minimum absolute atomic E-state index is 0.0450. The first-order valence-corrected chi connectivity index (χ1v) is 13.2. The van der Waals surface area contributed by atoms with E-state index in [-0.39, 0.29) is 23.4 Å². The molecule has 0 amide bonds. The van der Waals surface area contributed by atoms with Crippen LogP contribution >= 0.6 is 0 Å². The largest absolute Gasteiger partial charge is 0.472 e. The number of fused-ring (bicyclic) bond motifs is 1. The van der Waals surface area contributed by atoms with E-state index in [0.29, 0.717) is 11.8 Å². The van der Waals surface area contributed by atoms with Crippen molar-refractivity contribution in [1.82, 2.24) is 0 Å². The molecule has 0 aromatic carbocycles. The average Bonchev–Trinajstić information content (AvgIpc) is 3.21. The monoisotopic (exact) mass is 452 g/mol. The molecule has 2 aliphatic carbocycles. The van der Waals surface area contributed by atoms with Crippen molar-refractivity contribution in [3.8, 4) is 0 Å². The van der Waals surface area contributed by atoms with Gasteiger partial charge in [0.05, 0.1) is 19.1 Å². The van der Waals surface area contributed by atoms with E-state index in [9.17, 15) is 8.42 Å². The molecule has 2 saturated carbocycles. The van der Waals surface area contributed by atoms with E-state index in [0.717, 1.165) is 44.1 Å². The molecule has 31 heavy (non-hydrogen) atoms. The van der Waals surface area contributed by atoms with Crippen molar-refractivity contribution in [1.29, 1.82) is 0 Å². The van der Waals surface area contributed by atoms with Gasteiger partial charge in [0.15, 0.2) is 0 Å². The molecule has 5 nitrogen and oxygen atoms in total. The van der Waals surface area contributed by atoms with E-state index in [1.165, 1.54) is 31.3 Å². The minimum atomic E-state index is -4.42. The van der Waals surface area contributed by atoms with Gasteiger partial charge in [0.25, 0.3) is 0 Å². The molecule has 1 N–H and O–H groups in total. The van der Waals surface area contributed by atoms with Crippen LogP contribution in [0.2, 0.25) is 0 Å². The SMILES string of the molecule is C=C1CCC[C@@H]2C(C)(CCC(CCCc3ccoc3)COS(=O)(=O)O)[C@H](C)CC[C@@]12C. The predicted molar refractivity (Wildman–Crippen MR) is 123 cm³/mol. The summed E-state index contributed by atoms with van der Waals surface area (Å²) in [4.78, 5) is 0. The average molecular weight is 453 g/mol. The fraction of sp³-hybridized carbons (Fsp3) is 0.760. The lowest BCUT2D eigenvalue weighted by molar-refractivity contribution is -0.0587. The summed E-state index contributed by atoms with van der Waals surface area (Å²) in [6, 6.07) is 1.96. The van der Waals surface area contributed by atoms with Gasteiger partial charge in [-0.25, -0.2) is 4.18 Å². The summed E-state index contributed by atoms with van der Waals surface area (Å²) >= 11 is 0. The van der Waals surface area contributed by atoms with Crippen LogP contribution < -0.4 is 0 Å². The quantitative estimate of drug-likeness (QED) is 0.319. The summed E-state index contributed by atoms with van der Waals surface area (Å²) < 4.78 is 41.4. The lowest BCUT2D eigenvalue weighted by Gasteiger charge is -2.59. The van der Waals surface area contributed by atoms with Gasteiger partial charge < -0.3 is 4.42 Å². The van der Waals surface area contributed by atoms with Crippen molar-refractivity contribution in [2.75, 3.05) is 6.61 Å². The molecule has 2 aliphatic rings. The van der Waals surface area contributed by atoms with Crippen LogP contribution in [0, 0.1) is 28.6 Å². The molecule has 0 radical (unpaired) electrons. The Balaban J connectivity index is 1.67.